The highest BCUT2D eigenvalue weighted by Crippen LogP contribution is 2.55. The summed E-state index contributed by atoms with van der Waals surface area (Å²) in [5.41, 5.74) is 1.37. The van der Waals surface area contributed by atoms with Crippen LogP contribution in [0.15, 0.2) is 60.7 Å². The SMILES string of the molecule is CCCCNCC1C(OC(=O)CCP2(=O)Oc3ccccc3-c3ccccc32)CC(C=CC(C)(C)CC(C)C(=O)OCC2CO2)CC1C(=O)OCC1CO1. The molecule has 1 N–H and O–H groups in total. The van der Waals surface area contributed by atoms with Crippen molar-refractivity contribution in [3.05, 3.63) is 60.7 Å². The van der Waals surface area contributed by atoms with Crippen LogP contribution in [-0.4, -0.2) is 81.9 Å². The maximum Gasteiger partial charge on any atom is 0.309 e. The molecular weight excluding hydrogens is 709 g/mol. The summed E-state index contributed by atoms with van der Waals surface area (Å²) in [6.07, 6.45) is 7.05. The van der Waals surface area contributed by atoms with Gasteiger partial charge in [-0.1, -0.05) is 82.7 Å². The summed E-state index contributed by atoms with van der Waals surface area (Å²) in [7, 11) is -3.44. The standard InChI is InChI=1S/C42H56NO10P/c1-5-6-18-43-23-35-34(41(46)51-27-31-25-49-31)20-29(15-17-42(3,4)22-28(2)40(45)50-26-30-24-48-30)21-37(35)52-39(44)16-19-54(47)38-14-10-8-12-33(38)32-11-7-9-13-36(32)53-54/h7-15,17,28-31,34-35,37,43H,5-6,16,18-27H2,1-4H3. The molecule has 8 unspecified atom stereocenters. The van der Waals surface area contributed by atoms with Gasteiger partial charge in [-0.15, -0.1) is 0 Å². The minimum absolute atomic E-state index is 0.0119. The normalized spacial score (nSPS) is 27.6. The van der Waals surface area contributed by atoms with Gasteiger partial charge in [0.15, 0.2) is 0 Å². The van der Waals surface area contributed by atoms with E-state index in [0.29, 0.717) is 50.1 Å². The first-order chi connectivity index (χ1) is 25.9. The molecule has 0 radical (unpaired) electrons. The molecule has 0 spiro atoms. The third kappa shape index (κ3) is 10.8. The van der Waals surface area contributed by atoms with Gasteiger partial charge in [-0.2, -0.15) is 0 Å². The van der Waals surface area contributed by atoms with E-state index in [4.69, 9.17) is 28.2 Å². The Morgan fingerprint density at radius 2 is 1.67 bits per heavy atom. The molecule has 3 fully saturated rings. The van der Waals surface area contributed by atoms with Crippen molar-refractivity contribution in [1.82, 2.24) is 5.32 Å². The van der Waals surface area contributed by atoms with Crippen LogP contribution in [0.2, 0.25) is 0 Å². The summed E-state index contributed by atoms with van der Waals surface area (Å²) in [5.74, 6) is -1.77. The summed E-state index contributed by atoms with van der Waals surface area (Å²) in [5, 5.41) is 4.10. The van der Waals surface area contributed by atoms with E-state index in [9.17, 15) is 18.9 Å². The molecule has 4 aliphatic rings. The van der Waals surface area contributed by atoms with Crippen molar-refractivity contribution < 1.29 is 47.2 Å². The summed E-state index contributed by atoms with van der Waals surface area (Å²) < 4.78 is 48.5. The Hall–Kier alpha value is -3.50. The van der Waals surface area contributed by atoms with E-state index in [0.717, 1.165) is 30.5 Å². The number of benzene rings is 2. The van der Waals surface area contributed by atoms with E-state index in [2.05, 4.69) is 38.2 Å². The molecule has 0 amide bonds. The van der Waals surface area contributed by atoms with Crippen molar-refractivity contribution in [1.29, 1.82) is 0 Å². The van der Waals surface area contributed by atoms with E-state index in [1.165, 1.54) is 0 Å². The van der Waals surface area contributed by atoms with Crippen molar-refractivity contribution in [3.8, 4) is 16.9 Å². The van der Waals surface area contributed by atoms with Crippen LogP contribution >= 0.6 is 7.37 Å². The van der Waals surface area contributed by atoms with Crippen LogP contribution in [0.25, 0.3) is 11.1 Å². The molecular formula is C42H56NO10P. The number of carbonyl (C=O) groups excluding carboxylic acids is 3. The quantitative estimate of drug-likeness (QED) is 0.0420. The van der Waals surface area contributed by atoms with Gasteiger partial charge in [0.25, 0.3) is 7.37 Å². The molecule has 8 atom stereocenters. The number of para-hydroxylation sites is 1. The fourth-order valence-corrected chi connectivity index (χ4v) is 9.87. The number of carbonyl (C=O) groups is 3. The third-order valence-corrected chi connectivity index (χ3v) is 13.2. The highest BCUT2D eigenvalue weighted by molar-refractivity contribution is 7.67. The van der Waals surface area contributed by atoms with Crippen molar-refractivity contribution in [2.45, 2.75) is 84.5 Å². The third-order valence-electron chi connectivity index (χ3n) is 10.7. The number of fused-ring (bicyclic) bond motifs is 3. The number of esters is 3. The first-order valence-electron chi connectivity index (χ1n) is 19.6. The summed E-state index contributed by atoms with van der Waals surface area (Å²) in [4.78, 5) is 40.2. The Balaban J connectivity index is 1.17. The molecule has 54 heavy (non-hydrogen) atoms. The summed E-state index contributed by atoms with van der Waals surface area (Å²) in [6.45, 7) is 11.1. The predicted molar refractivity (Wildman–Crippen MR) is 205 cm³/mol. The number of rotatable bonds is 19. The highest BCUT2D eigenvalue weighted by Gasteiger charge is 2.45. The molecule has 3 heterocycles. The number of ether oxygens (including phenoxy) is 5. The van der Waals surface area contributed by atoms with E-state index in [1.807, 2.05) is 49.4 Å². The molecule has 2 aromatic carbocycles. The lowest BCUT2D eigenvalue weighted by Gasteiger charge is -2.40. The van der Waals surface area contributed by atoms with Crippen LogP contribution in [0.1, 0.15) is 66.2 Å². The Labute approximate surface area is 319 Å². The van der Waals surface area contributed by atoms with Crippen molar-refractivity contribution >= 4 is 30.6 Å². The molecule has 2 saturated heterocycles. The molecule has 12 heteroatoms. The monoisotopic (exact) mass is 765 g/mol. The van der Waals surface area contributed by atoms with Crippen LogP contribution in [0.3, 0.4) is 0 Å². The van der Waals surface area contributed by atoms with E-state index < -0.39 is 25.4 Å². The zero-order valence-electron chi connectivity index (χ0n) is 32.0. The lowest BCUT2D eigenvalue weighted by atomic mass is 9.71. The second-order valence-corrected chi connectivity index (χ2v) is 18.4. The average Bonchev–Trinajstić information content (AvgIpc) is 4.10. The van der Waals surface area contributed by atoms with Gasteiger partial charge in [0.2, 0.25) is 0 Å². The van der Waals surface area contributed by atoms with Gasteiger partial charge >= 0.3 is 17.9 Å². The minimum atomic E-state index is -3.44. The Kier molecular flexibility index (Phi) is 13.4. The first-order valence-corrected chi connectivity index (χ1v) is 21.4. The Morgan fingerprint density at radius 3 is 2.39 bits per heavy atom. The number of hydrogen-bond acceptors (Lipinski definition) is 11. The van der Waals surface area contributed by atoms with Gasteiger partial charge in [-0.3, -0.25) is 18.9 Å². The number of allylic oxidation sites excluding steroid dienone is 2. The fraction of sp³-hybridized carbons (Fsp3) is 0.595. The molecule has 1 saturated carbocycles. The predicted octanol–water partition coefficient (Wildman–Crippen LogP) is 6.48. The number of nitrogens with one attached hydrogen (secondary N) is 1. The zero-order chi connectivity index (χ0) is 38.3. The van der Waals surface area contributed by atoms with Crippen molar-refractivity contribution in [2.24, 2.45) is 29.1 Å². The molecule has 1 aliphatic carbocycles. The second kappa shape index (κ2) is 18.0. The second-order valence-electron chi connectivity index (χ2n) is 16.0. The number of epoxide rings is 2. The zero-order valence-corrected chi connectivity index (χ0v) is 32.9. The molecule has 2 aromatic rings. The van der Waals surface area contributed by atoms with Crippen molar-refractivity contribution in [3.63, 3.8) is 0 Å². The van der Waals surface area contributed by atoms with Gasteiger partial charge in [-0.25, -0.2) is 0 Å². The van der Waals surface area contributed by atoms with Gasteiger partial charge in [0, 0.05) is 24.2 Å². The molecule has 11 nitrogen and oxygen atoms in total. The molecule has 3 aliphatic heterocycles. The van der Waals surface area contributed by atoms with Crippen LogP contribution < -0.4 is 15.1 Å². The van der Waals surface area contributed by atoms with Crippen LogP contribution in [0.4, 0.5) is 0 Å². The van der Waals surface area contributed by atoms with Gasteiger partial charge in [0.05, 0.1) is 36.8 Å². The van der Waals surface area contributed by atoms with E-state index in [1.54, 1.807) is 6.07 Å². The van der Waals surface area contributed by atoms with Gasteiger partial charge in [-0.05, 0) is 61.3 Å². The summed E-state index contributed by atoms with van der Waals surface area (Å²) >= 11 is 0. The lowest BCUT2D eigenvalue weighted by molar-refractivity contribution is -0.166. The van der Waals surface area contributed by atoms with E-state index in [-0.39, 0.29) is 73.1 Å². The first kappa shape index (κ1) is 40.2. The molecule has 6 rings (SSSR count). The number of hydrogen-bond donors (Lipinski definition) is 1. The van der Waals surface area contributed by atoms with Crippen LogP contribution in [0.5, 0.6) is 5.75 Å². The van der Waals surface area contributed by atoms with Crippen molar-refractivity contribution in [2.75, 3.05) is 45.7 Å². The van der Waals surface area contributed by atoms with E-state index >= 15 is 0 Å². The lowest BCUT2D eigenvalue weighted by Crippen LogP contribution is -2.47. The Morgan fingerprint density at radius 1 is 0.981 bits per heavy atom. The van der Waals surface area contributed by atoms with Crippen LogP contribution in [-0.2, 0) is 42.6 Å². The fourth-order valence-electron chi connectivity index (χ4n) is 7.61. The molecule has 0 bridgehead atoms. The Bertz CT molecular complexity index is 1700. The smallest absolute Gasteiger partial charge is 0.309 e. The largest absolute Gasteiger partial charge is 0.463 e. The topological polar surface area (TPSA) is 142 Å². The average molecular weight is 766 g/mol. The minimum Gasteiger partial charge on any atom is -0.463 e. The van der Waals surface area contributed by atoms with Gasteiger partial charge < -0.3 is 33.5 Å². The number of unbranched alkanes of at least 4 members (excludes halogenated alkanes) is 1. The maximum atomic E-state index is 14.4. The maximum absolute atomic E-state index is 14.4. The highest BCUT2D eigenvalue weighted by atomic mass is 31.2. The van der Waals surface area contributed by atoms with Gasteiger partial charge in [0.1, 0.15) is 37.3 Å². The molecule has 294 valence electrons. The summed E-state index contributed by atoms with van der Waals surface area (Å²) in [6, 6.07) is 15.0. The molecule has 0 aromatic heterocycles. The van der Waals surface area contributed by atoms with Crippen LogP contribution in [0, 0.1) is 29.1 Å².